The molecule has 0 bridgehead atoms. The van der Waals surface area contributed by atoms with Crippen molar-refractivity contribution in [1.82, 2.24) is 19.4 Å². The summed E-state index contributed by atoms with van der Waals surface area (Å²) in [6, 6.07) is 14.6. The number of hydrogen-bond donors (Lipinski definition) is 2. The Labute approximate surface area is 221 Å². The highest BCUT2D eigenvalue weighted by atomic mass is 16.2. The number of rotatable bonds is 3. The van der Waals surface area contributed by atoms with Crippen molar-refractivity contribution in [3.63, 3.8) is 0 Å². The summed E-state index contributed by atoms with van der Waals surface area (Å²) in [6.45, 7) is 14.9. The summed E-state index contributed by atoms with van der Waals surface area (Å²) in [5.74, 6) is 0.713. The lowest BCUT2D eigenvalue weighted by atomic mass is 9.88. The van der Waals surface area contributed by atoms with Gasteiger partial charge in [-0.2, -0.15) is 10.4 Å². The van der Waals surface area contributed by atoms with Gasteiger partial charge in [0.25, 0.3) is 0 Å². The molecule has 8 nitrogen and oxygen atoms in total. The maximum Gasteiger partial charge on any atom is 0.314 e. The topological polar surface area (TPSA) is 117 Å². The molecule has 8 heteroatoms. The van der Waals surface area contributed by atoms with Gasteiger partial charge in [0.15, 0.2) is 0 Å². The molecule has 0 saturated carbocycles. The van der Waals surface area contributed by atoms with Crippen molar-refractivity contribution in [2.75, 3.05) is 38.5 Å². The molecule has 5 rings (SSSR count). The molecule has 4 heterocycles. The van der Waals surface area contributed by atoms with E-state index in [0.717, 1.165) is 16.8 Å². The fourth-order valence-corrected chi connectivity index (χ4v) is 4.46. The molecule has 2 fully saturated rings. The van der Waals surface area contributed by atoms with E-state index in [-0.39, 0.29) is 5.92 Å². The number of primary amides is 1. The highest BCUT2D eigenvalue weighted by Gasteiger charge is 2.28. The summed E-state index contributed by atoms with van der Waals surface area (Å²) in [6.07, 6.45) is 6.31. The van der Waals surface area contributed by atoms with Crippen molar-refractivity contribution in [3.8, 4) is 17.2 Å². The van der Waals surface area contributed by atoms with E-state index in [9.17, 15) is 4.79 Å². The molecule has 0 aliphatic carbocycles. The number of benzene rings is 1. The van der Waals surface area contributed by atoms with Gasteiger partial charge in [0.1, 0.15) is 0 Å². The molecular weight excluding hydrogens is 462 g/mol. The van der Waals surface area contributed by atoms with Crippen LogP contribution in [-0.2, 0) is 0 Å². The molecule has 4 N–H and O–H groups in total. The first-order valence-corrected chi connectivity index (χ1v) is 13.5. The average Bonchev–Trinajstić information content (AvgIpc) is 3.37. The van der Waals surface area contributed by atoms with E-state index >= 15 is 0 Å². The number of likely N-dealkylation sites (tertiary alicyclic amines) is 2. The van der Waals surface area contributed by atoms with Gasteiger partial charge in [-0.15, -0.1) is 0 Å². The predicted molar refractivity (Wildman–Crippen MR) is 152 cm³/mol. The third kappa shape index (κ3) is 7.70. The normalized spacial score (nSPS) is 15.6. The number of carbonyl (C=O) groups is 1. The second kappa shape index (κ2) is 14.9. The molecule has 0 spiro atoms. The number of nitrogen functional groups attached to an aromatic ring is 1. The van der Waals surface area contributed by atoms with Crippen LogP contribution in [0.2, 0.25) is 0 Å². The number of nitrogens with zero attached hydrogens (tertiary/aromatic N) is 5. The van der Waals surface area contributed by atoms with Gasteiger partial charge in [0.05, 0.1) is 23.2 Å². The van der Waals surface area contributed by atoms with Gasteiger partial charge in [-0.25, -0.2) is 9.31 Å². The first-order valence-electron chi connectivity index (χ1n) is 13.5. The fraction of sp³-hybridized carbons (Fsp3) is 0.483. The van der Waals surface area contributed by atoms with Gasteiger partial charge in [0.2, 0.25) is 0 Å². The average molecular weight is 506 g/mol. The van der Waals surface area contributed by atoms with Gasteiger partial charge in [0, 0.05) is 31.0 Å². The van der Waals surface area contributed by atoms with Gasteiger partial charge in [-0.3, -0.25) is 0 Å². The standard InChI is InChI=1S/C20H24N4.C5H7N3O.2C2H6/c1-2-23-11-8-17(9-12-23)15-3-5-16(6-4-15)18-13-20-19(21)7-10-22-24(20)14-18;6-1-4-2-8(3-4)5(7)9;2*1-2/h3-7,10,13-14,17H,2,8-9,11-12,21H2,1H3;4H,2-3H2,(H2,7,9);2*1-2H3. The number of carbonyl (C=O) groups excluding carboxylic acids is 1. The number of aromatic nitrogens is 2. The van der Waals surface area contributed by atoms with E-state index in [1.54, 1.807) is 6.20 Å². The molecule has 2 aliphatic rings. The molecular formula is C29H43N7O. The Morgan fingerprint density at radius 1 is 1.05 bits per heavy atom. The number of urea groups is 1. The van der Waals surface area contributed by atoms with Gasteiger partial charge in [-0.1, -0.05) is 58.9 Å². The number of piperidine rings is 1. The van der Waals surface area contributed by atoms with Crippen molar-refractivity contribution in [3.05, 3.63) is 54.4 Å². The zero-order valence-electron chi connectivity index (χ0n) is 23.0. The number of anilines is 1. The summed E-state index contributed by atoms with van der Waals surface area (Å²) in [5, 5.41) is 12.6. The molecule has 37 heavy (non-hydrogen) atoms. The maximum absolute atomic E-state index is 10.3. The zero-order chi connectivity index (χ0) is 27.4. The van der Waals surface area contributed by atoms with E-state index in [1.807, 2.05) is 50.5 Å². The van der Waals surface area contributed by atoms with E-state index < -0.39 is 6.03 Å². The predicted octanol–water partition coefficient (Wildman–Crippen LogP) is 5.36. The van der Waals surface area contributed by atoms with Crippen LogP contribution in [0.1, 0.15) is 58.9 Å². The third-order valence-corrected chi connectivity index (χ3v) is 6.67. The summed E-state index contributed by atoms with van der Waals surface area (Å²) < 4.78 is 1.85. The van der Waals surface area contributed by atoms with Crippen LogP contribution in [0.15, 0.2) is 48.8 Å². The largest absolute Gasteiger partial charge is 0.397 e. The first kappa shape index (κ1) is 29.7. The molecule has 2 aliphatic heterocycles. The second-order valence-corrected chi connectivity index (χ2v) is 8.74. The lowest BCUT2D eigenvalue weighted by molar-refractivity contribution is 0.152. The minimum absolute atomic E-state index is 0.0116. The van der Waals surface area contributed by atoms with E-state index in [2.05, 4.69) is 47.3 Å². The molecule has 2 amide bonds. The number of hydrogen-bond acceptors (Lipinski definition) is 5. The molecule has 2 aromatic heterocycles. The van der Waals surface area contributed by atoms with Crippen molar-refractivity contribution < 1.29 is 4.79 Å². The van der Waals surface area contributed by atoms with Crippen molar-refractivity contribution in [1.29, 1.82) is 5.26 Å². The Bertz CT molecular complexity index is 1140. The molecule has 0 radical (unpaired) electrons. The van der Waals surface area contributed by atoms with Gasteiger partial charge < -0.3 is 21.3 Å². The van der Waals surface area contributed by atoms with Crippen molar-refractivity contribution in [2.45, 2.75) is 53.4 Å². The van der Waals surface area contributed by atoms with E-state index in [1.165, 1.54) is 48.5 Å². The first-order chi connectivity index (χ1) is 18.0. The molecule has 2 saturated heterocycles. The lowest BCUT2D eigenvalue weighted by Crippen LogP contribution is -2.51. The Balaban J connectivity index is 0.000000311. The summed E-state index contributed by atoms with van der Waals surface area (Å²) in [4.78, 5) is 14.3. The van der Waals surface area contributed by atoms with Crippen LogP contribution < -0.4 is 11.5 Å². The molecule has 200 valence electrons. The van der Waals surface area contributed by atoms with E-state index in [0.29, 0.717) is 19.0 Å². The number of amides is 2. The SMILES string of the molecule is CC.CC.CCN1CCC(c2ccc(-c3cc4c(N)ccnn4c3)cc2)CC1.N#CC1CN(C(N)=O)C1. The molecule has 0 unspecified atom stereocenters. The number of fused-ring (bicyclic) bond motifs is 1. The van der Waals surface area contributed by atoms with Crippen molar-refractivity contribution >= 4 is 17.2 Å². The fourth-order valence-electron chi connectivity index (χ4n) is 4.46. The zero-order valence-corrected chi connectivity index (χ0v) is 23.0. The van der Waals surface area contributed by atoms with Gasteiger partial charge in [-0.05, 0) is 61.7 Å². The van der Waals surface area contributed by atoms with Crippen molar-refractivity contribution in [2.24, 2.45) is 11.7 Å². The lowest BCUT2D eigenvalue weighted by Gasteiger charge is -2.33. The highest BCUT2D eigenvalue weighted by Crippen LogP contribution is 2.31. The van der Waals surface area contributed by atoms with Crippen LogP contribution in [0, 0.1) is 17.2 Å². The molecule has 1 aromatic carbocycles. The Hall–Kier alpha value is -3.57. The van der Waals surface area contributed by atoms with Crippen LogP contribution in [0.25, 0.3) is 16.6 Å². The second-order valence-electron chi connectivity index (χ2n) is 8.74. The van der Waals surface area contributed by atoms with Crippen LogP contribution in [-0.4, -0.2) is 58.2 Å². The monoisotopic (exact) mass is 505 g/mol. The summed E-state index contributed by atoms with van der Waals surface area (Å²) in [5.41, 5.74) is 16.5. The minimum atomic E-state index is -0.429. The van der Waals surface area contributed by atoms with Crippen LogP contribution in [0.3, 0.4) is 0 Å². The Kier molecular flexibility index (Phi) is 11.9. The summed E-state index contributed by atoms with van der Waals surface area (Å²) >= 11 is 0. The number of nitriles is 1. The summed E-state index contributed by atoms with van der Waals surface area (Å²) in [7, 11) is 0. The Morgan fingerprint density at radius 2 is 1.68 bits per heavy atom. The maximum atomic E-state index is 10.3. The minimum Gasteiger partial charge on any atom is -0.397 e. The molecule has 3 aromatic rings. The van der Waals surface area contributed by atoms with E-state index in [4.69, 9.17) is 16.7 Å². The Morgan fingerprint density at radius 3 is 2.19 bits per heavy atom. The third-order valence-electron chi connectivity index (χ3n) is 6.67. The van der Waals surface area contributed by atoms with Crippen LogP contribution in [0.4, 0.5) is 10.5 Å². The smallest absolute Gasteiger partial charge is 0.314 e. The van der Waals surface area contributed by atoms with Crippen LogP contribution in [0.5, 0.6) is 0 Å². The molecule has 0 atom stereocenters. The number of nitrogens with two attached hydrogens (primary N) is 2. The highest BCUT2D eigenvalue weighted by molar-refractivity contribution is 5.77. The quantitative estimate of drug-likeness (QED) is 0.497. The van der Waals surface area contributed by atoms with Crippen LogP contribution >= 0.6 is 0 Å². The van der Waals surface area contributed by atoms with Gasteiger partial charge >= 0.3 is 6.03 Å².